The second-order valence-electron chi connectivity index (χ2n) is 6.86. The van der Waals surface area contributed by atoms with Gasteiger partial charge in [-0.1, -0.05) is 18.2 Å². The van der Waals surface area contributed by atoms with E-state index in [9.17, 15) is 5.11 Å². The van der Waals surface area contributed by atoms with Crippen molar-refractivity contribution in [3.05, 3.63) is 41.5 Å². The standard InChI is InChI=1S/C18H23NO2/c1-19-8-7-18-11-13(20)4-6-15(18)17(19)9-12-3-5-14(21-2)10-16(12)18/h3-6,10,13,15,17,20H,7-9,11H2,1-2H3. The van der Waals surface area contributed by atoms with Gasteiger partial charge in [0.1, 0.15) is 5.75 Å². The van der Waals surface area contributed by atoms with Crippen LogP contribution in [0.4, 0.5) is 0 Å². The van der Waals surface area contributed by atoms with E-state index in [1.165, 1.54) is 11.1 Å². The number of likely N-dealkylation sites (N-methyl/N-ethyl adjacent to an activating group) is 1. The molecule has 1 aromatic rings. The molecule has 1 aliphatic heterocycles. The van der Waals surface area contributed by atoms with E-state index in [2.05, 4.69) is 36.2 Å². The third-order valence-corrected chi connectivity index (χ3v) is 5.93. The quantitative estimate of drug-likeness (QED) is 0.802. The molecule has 0 saturated carbocycles. The van der Waals surface area contributed by atoms with Gasteiger partial charge >= 0.3 is 0 Å². The number of aliphatic hydroxyl groups is 1. The second kappa shape index (κ2) is 4.59. The molecule has 2 bridgehead atoms. The van der Waals surface area contributed by atoms with Crippen LogP contribution in [0.2, 0.25) is 0 Å². The van der Waals surface area contributed by atoms with Crippen LogP contribution in [-0.4, -0.2) is 42.9 Å². The largest absolute Gasteiger partial charge is 0.497 e. The number of piperidine rings is 1. The molecule has 1 fully saturated rings. The van der Waals surface area contributed by atoms with Crippen molar-refractivity contribution in [2.24, 2.45) is 5.92 Å². The van der Waals surface area contributed by atoms with E-state index in [4.69, 9.17) is 4.74 Å². The Morgan fingerprint density at radius 1 is 1.33 bits per heavy atom. The first kappa shape index (κ1) is 13.4. The van der Waals surface area contributed by atoms with Gasteiger partial charge in [-0.15, -0.1) is 0 Å². The van der Waals surface area contributed by atoms with Crippen molar-refractivity contribution in [3.8, 4) is 5.75 Å². The summed E-state index contributed by atoms with van der Waals surface area (Å²) < 4.78 is 5.45. The summed E-state index contributed by atoms with van der Waals surface area (Å²) in [5, 5.41) is 10.2. The summed E-state index contributed by atoms with van der Waals surface area (Å²) in [5.41, 5.74) is 2.94. The van der Waals surface area contributed by atoms with Gasteiger partial charge in [-0.25, -0.2) is 0 Å². The lowest BCUT2D eigenvalue weighted by molar-refractivity contribution is 0.0208. The smallest absolute Gasteiger partial charge is 0.119 e. The fourth-order valence-electron chi connectivity index (χ4n) is 4.85. The van der Waals surface area contributed by atoms with Gasteiger partial charge in [0.2, 0.25) is 0 Å². The van der Waals surface area contributed by atoms with Crippen LogP contribution in [0.1, 0.15) is 24.0 Å². The number of methoxy groups -OCH3 is 1. The minimum absolute atomic E-state index is 0.0907. The van der Waals surface area contributed by atoms with Crippen molar-refractivity contribution in [2.45, 2.75) is 36.8 Å². The molecular weight excluding hydrogens is 262 g/mol. The van der Waals surface area contributed by atoms with E-state index < -0.39 is 0 Å². The molecule has 1 saturated heterocycles. The van der Waals surface area contributed by atoms with Crippen LogP contribution in [0.15, 0.2) is 30.4 Å². The highest BCUT2D eigenvalue weighted by Gasteiger charge is 2.53. The van der Waals surface area contributed by atoms with Crippen molar-refractivity contribution in [1.82, 2.24) is 4.90 Å². The lowest BCUT2D eigenvalue weighted by Crippen LogP contribution is -2.60. The van der Waals surface area contributed by atoms with Crippen molar-refractivity contribution in [3.63, 3.8) is 0 Å². The minimum Gasteiger partial charge on any atom is -0.497 e. The van der Waals surface area contributed by atoms with E-state index in [0.717, 1.165) is 31.6 Å². The third-order valence-electron chi connectivity index (χ3n) is 5.93. The fraction of sp³-hybridized carbons (Fsp3) is 0.556. The van der Waals surface area contributed by atoms with Gasteiger partial charge in [-0.05, 0) is 56.1 Å². The van der Waals surface area contributed by atoms with Crippen LogP contribution < -0.4 is 4.74 Å². The van der Waals surface area contributed by atoms with E-state index in [1.807, 2.05) is 6.08 Å². The molecule has 112 valence electrons. The van der Waals surface area contributed by atoms with Gasteiger partial charge in [0, 0.05) is 17.4 Å². The number of ether oxygens (including phenoxy) is 1. The predicted molar refractivity (Wildman–Crippen MR) is 82.7 cm³/mol. The maximum Gasteiger partial charge on any atom is 0.119 e. The zero-order chi connectivity index (χ0) is 14.6. The number of likely N-dealkylation sites (tertiary alicyclic amines) is 1. The summed E-state index contributed by atoms with van der Waals surface area (Å²) in [6, 6.07) is 7.07. The van der Waals surface area contributed by atoms with Crippen molar-refractivity contribution in [1.29, 1.82) is 0 Å². The molecule has 1 N–H and O–H groups in total. The second-order valence-corrected chi connectivity index (χ2v) is 6.86. The number of hydrogen-bond acceptors (Lipinski definition) is 3. The first-order chi connectivity index (χ1) is 10.1. The molecule has 3 nitrogen and oxygen atoms in total. The summed E-state index contributed by atoms with van der Waals surface area (Å²) in [5.74, 6) is 1.45. The normalized spacial score (nSPS) is 37.8. The van der Waals surface area contributed by atoms with Gasteiger partial charge < -0.3 is 14.7 Å². The van der Waals surface area contributed by atoms with Crippen molar-refractivity contribution in [2.75, 3.05) is 20.7 Å². The van der Waals surface area contributed by atoms with Crippen LogP contribution in [0.3, 0.4) is 0 Å². The molecule has 0 aromatic heterocycles. The monoisotopic (exact) mass is 285 g/mol. The molecule has 3 aliphatic rings. The maximum atomic E-state index is 10.2. The highest BCUT2D eigenvalue weighted by atomic mass is 16.5. The van der Waals surface area contributed by atoms with E-state index in [0.29, 0.717) is 12.0 Å². The van der Waals surface area contributed by atoms with Gasteiger partial charge in [-0.2, -0.15) is 0 Å². The zero-order valence-electron chi connectivity index (χ0n) is 12.7. The Balaban J connectivity index is 1.91. The average molecular weight is 285 g/mol. The molecule has 4 unspecified atom stereocenters. The zero-order valence-corrected chi connectivity index (χ0v) is 12.7. The van der Waals surface area contributed by atoms with E-state index in [1.54, 1.807) is 7.11 Å². The number of benzene rings is 1. The first-order valence-corrected chi connectivity index (χ1v) is 7.88. The van der Waals surface area contributed by atoms with Crippen LogP contribution in [0, 0.1) is 5.92 Å². The number of fused-ring (bicyclic) bond motifs is 1. The molecular formula is C18H23NO2. The Kier molecular flexibility index (Phi) is 2.92. The summed E-state index contributed by atoms with van der Waals surface area (Å²) in [6.45, 7) is 1.11. The van der Waals surface area contributed by atoms with Gasteiger partial charge in [0.15, 0.2) is 0 Å². The van der Waals surface area contributed by atoms with Crippen molar-refractivity contribution < 1.29 is 9.84 Å². The molecule has 0 spiro atoms. The van der Waals surface area contributed by atoms with Crippen LogP contribution in [-0.2, 0) is 11.8 Å². The van der Waals surface area contributed by atoms with Crippen molar-refractivity contribution >= 4 is 0 Å². The Bertz CT molecular complexity index is 597. The number of hydrogen-bond donors (Lipinski definition) is 1. The predicted octanol–water partition coefficient (Wildman–Crippen LogP) is 2.13. The summed E-state index contributed by atoms with van der Waals surface area (Å²) in [6.07, 6.45) is 7.02. The molecule has 21 heavy (non-hydrogen) atoms. The first-order valence-electron chi connectivity index (χ1n) is 7.88. The highest BCUT2D eigenvalue weighted by Crippen LogP contribution is 2.54. The van der Waals surface area contributed by atoms with E-state index >= 15 is 0 Å². The fourth-order valence-corrected chi connectivity index (χ4v) is 4.85. The Labute approximate surface area is 126 Å². The molecule has 2 aliphatic carbocycles. The third kappa shape index (κ3) is 1.80. The number of rotatable bonds is 1. The molecule has 0 amide bonds. The highest BCUT2D eigenvalue weighted by molar-refractivity contribution is 5.47. The molecule has 1 aromatic carbocycles. The van der Waals surface area contributed by atoms with Gasteiger partial charge in [0.25, 0.3) is 0 Å². The molecule has 0 radical (unpaired) electrons. The summed E-state index contributed by atoms with van der Waals surface area (Å²) in [4.78, 5) is 2.50. The topological polar surface area (TPSA) is 32.7 Å². The molecule has 4 atom stereocenters. The van der Waals surface area contributed by atoms with E-state index in [-0.39, 0.29) is 11.5 Å². The Morgan fingerprint density at radius 2 is 2.19 bits per heavy atom. The van der Waals surface area contributed by atoms with Crippen LogP contribution in [0.25, 0.3) is 0 Å². The molecule has 4 rings (SSSR count). The average Bonchev–Trinajstić information content (AvgIpc) is 2.50. The number of aliphatic hydroxyl groups excluding tert-OH is 1. The summed E-state index contributed by atoms with van der Waals surface area (Å²) in [7, 11) is 3.97. The van der Waals surface area contributed by atoms with Crippen LogP contribution in [0.5, 0.6) is 5.75 Å². The maximum absolute atomic E-state index is 10.2. The lowest BCUT2D eigenvalue weighted by Gasteiger charge is -2.57. The Hall–Kier alpha value is -1.32. The summed E-state index contributed by atoms with van der Waals surface area (Å²) >= 11 is 0. The SMILES string of the molecule is COc1ccc2c(c1)C13CCN(C)C(C2)C1C=CC(O)C3. The van der Waals surface area contributed by atoms with Gasteiger partial charge in [-0.3, -0.25) is 0 Å². The Morgan fingerprint density at radius 3 is 3.00 bits per heavy atom. The minimum atomic E-state index is -0.317. The molecule has 3 heteroatoms. The lowest BCUT2D eigenvalue weighted by atomic mass is 9.54. The molecule has 1 heterocycles. The number of nitrogens with zero attached hydrogens (tertiary/aromatic N) is 1. The van der Waals surface area contributed by atoms with Gasteiger partial charge in [0.05, 0.1) is 13.2 Å². The van der Waals surface area contributed by atoms with Crippen LogP contribution >= 0.6 is 0 Å².